The van der Waals surface area contributed by atoms with Crippen molar-refractivity contribution in [3.8, 4) is 0 Å². The van der Waals surface area contributed by atoms with Gasteiger partial charge in [-0.1, -0.05) is 35.3 Å². The van der Waals surface area contributed by atoms with E-state index in [0.29, 0.717) is 16.5 Å². The number of rotatable bonds is 5. The minimum absolute atomic E-state index is 0.0595. The van der Waals surface area contributed by atoms with Crippen LogP contribution in [0.3, 0.4) is 0 Å². The quantitative estimate of drug-likeness (QED) is 0.807. The molecule has 0 heterocycles. The van der Waals surface area contributed by atoms with Crippen molar-refractivity contribution in [2.75, 3.05) is 0 Å². The molecular formula is C12H12Cl2O2. The lowest BCUT2D eigenvalue weighted by atomic mass is 9.93. The summed E-state index contributed by atoms with van der Waals surface area (Å²) < 4.78 is 0. The lowest BCUT2D eigenvalue weighted by Crippen LogP contribution is -2.05. The number of benzene rings is 1. The Bertz CT molecular complexity index is 402. The SMILES string of the molecule is C=CC[C@H](CC(=O)O)c1ccc(Cl)c(Cl)c1. The maximum atomic E-state index is 10.7. The molecule has 0 fully saturated rings. The normalized spacial score (nSPS) is 12.1. The molecule has 0 amide bonds. The van der Waals surface area contributed by atoms with Gasteiger partial charge in [-0.3, -0.25) is 4.79 Å². The van der Waals surface area contributed by atoms with Crippen LogP contribution in [-0.2, 0) is 4.79 Å². The second-order valence-electron chi connectivity index (χ2n) is 3.49. The van der Waals surface area contributed by atoms with Gasteiger partial charge in [0.25, 0.3) is 0 Å². The fourth-order valence-corrected chi connectivity index (χ4v) is 1.82. The summed E-state index contributed by atoms with van der Waals surface area (Å²) in [7, 11) is 0. The Morgan fingerprint density at radius 1 is 1.44 bits per heavy atom. The first-order valence-electron chi connectivity index (χ1n) is 4.82. The summed E-state index contributed by atoms with van der Waals surface area (Å²) in [6.45, 7) is 3.62. The van der Waals surface area contributed by atoms with E-state index in [1.54, 1.807) is 24.3 Å². The molecule has 1 aromatic carbocycles. The third kappa shape index (κ3) is 3.54. The van der Waals surface area contributed by atoms with E-state index in [1.165, 1.54) is 0 Å². The zero-order valence-corrected chi connectivity index (χ0v) is 10.1. The summed E-state index contributed by atoms with van der Waals surface area (Å²) in [5.74, 6) is -0.942. The van der Waals surface area contributed by atoms with E-state index >= 15 is 0 Å². The Kier molecular flexibility index (Phi) is 4.84. The van der Waals surface area contributed by atoms with Gasteiger partial charge < -0.3 is 5.11 Å². The summed E-state index contributed by atoms with van der Waals surface area (Å²) in [5.41, 5.74) is 0.872. The molecule has 2 nitrogen and oxygen atoms in total. The van der Waals surface area contributed by atoms with Crippen molar-refractivity contribution < 1.29 is 9.90 Å². The van der Waals surface area contributed by atoms with Gasteiger partial charge in [0.05, 0.1) is 16.5 Å². The van der Waals surface area contributed by atoms with E-state index in [0.717, 1.165) is 5.56 Å². The fraction of sp³-hybridized carbons (Fsp3) is 0.250. The maximum absolute atomic E-state index is 10.7. The van der Waals surface area contributed by atoms with Crippen LogP contribution in [0.1, 0.15) is 24.3 Å². The summed E-state index contributed by atoms with van der Waals surface area (Å²) >= 11 is 11.7. The van der Waals surface area contributed by atoms with Crippen LogP contribution < -0.4 is 0 Å². The van der Waals surface area contributed by atoms with Crippen LogP contribution in [0.4, 0.5) is 0 Å². The van der Waals surface area contributed by atoms with Crippen LogP contribution >= 0.6 is 23.2 Å². The number of carboxylic acids is 1. The van der Waals surface area contributed by atoms with Crippen LogP contribution in [0.15, 0.2) is 30.9 Å². The minimum atomic E-state index is -0.835. The Hall–Kier alpha value is -0.990. The lowest BCUT2D eigenvalue weighted by molar-refractivity contribution is -0.137. The second-order valence-corrected chi connectivity index (χ2v) is 4.31. The first kappa shape index (κ1) is 13.1. The molecule has 1 aromatic rings. The highest BCUT2D eigenvalue weighted by molar-refractivity contribution is 6.42. The van der Waals surface area contributed by atoms with Crippen molar-refractivity contribution in [2.45, 2.75) is 18.8 Å². The highest BCUT2D eigenvalue weighted by Gasteiger charge is 2.15. The molecule has 0 aromatic heterocycles. The van der Waals surface area contributed by atoms with Gasteiger partial charge in [-0.2, -0.15) is 0 Å². The summed E-state index contributed by atoms with van der Waals surface area (Å²) in [4.78, 5) is 10.7. The van der Waals surface area contributed by atoms with Gasteiger partial charge in [0, 0.05) is 0 Å². The average Bonchev–Trinajstić information content (AvgIpc) is 2.21. The molecule has 0 saturated carbocycles. The topological polar surface area (TPSA) is 37.3 Å². The number of carbonyl (C=O) groups is 1. The molecule has 86 valence electrons. The predicted octanol–water partition coefficient (Wildman–Crippen LogP) is 4.13. The molecule has 0 aliphatic rings. The number of hydrogen-bond donors (Lipinski definition) is 1. The van der Waals surface area contributed by atoms with Crippen LogP contribution in [-0.4, -0.2) is 11.1 Å². The number of hydrogen-bond acceptors (Lipinski definition) is 1. The van der Waals surface area contributed by atoms with Crippen molar-refractivity contribution in [3.05, 3.63) is 46.5 Å². The number of halogens is 2. The third-order valence-corrected chi connectivity index (χ3v) is 3.03. The molecule has 0 bridgehead atoms. The molecule has 1 atom stereocenters. The summed E-state index contributed by atoms with van der Waals surface area (Å²) in [6.07, 6.45) is 2.37. The Labute approximate surface area is 104 Å². The van der Waals surface area contributed by atoms with Crippen molar-refractivity contribution in [1.82, 2.24) is 0 Å². The summed E-state index contributed by atoms with van der Waals surface area (Å²) in [5, 5.41) is 9.72. The van der Waals surface area contributed by atoms with Crippen LogP contribution in [0.2, 0.25) is 10.0 Å². The Morgan fingerprint density at radius 3 is 2.62 bits per heavy atom. The van der Waals surface area contributed by atoms with E-state index in [4.69, 9.17) is 28.3 Å². The lowest BCUT2D eigenvalue weighted by Gasteiger charge is -2.13. The second kappa shape index (κ2) is 5.92. The molecule has 1 rings (SSSR count). The largest absolute Gasteiger partial charge is 0.481 e. The molecule has 0 saturated heterocycles. The molecule has 1 N–H and O–H groups in total. The number of allylic oxidation sites excluding steroid dienone is 1. The van der Waals surface area contributed by atoms with Crippen molar-refractivity contribution in [1.29, 1.82) is 0 Å². The summed E-state index contributed by atoms with van der Waals surface area (Å²) in [6, 6.07) is 5.18. The van der Waals surface area contributed by atoms with Gasteiger partial charge in [0.1, 0.15) is 0 Å². The van der Waals surface area contributed by atoms with Crippen molar-refractivity contribution in [2.24, 2.45) is 0 Å². The first-order chi connectivity index (χ1) is 7.54. The van der Waals surface area contributed by atoms with Gasteiger partial charge in [-0.15, -0.1) is 6.58 Å². The van der Waals surface area contributed by atoms with Crippen molar-refractivity contribution in [3.63, 3.8) is 0 Å². The molecule has 0 spiro atoms. The highest BCUT2D eigenvalue weighted by Crippen LogP contribution is 2.30. The van der Waals surface area contributed by atoms with E-state index < -0.39 is 5.97 Å². The molecule has 0 aliphatic carbocycles. The van der Waals surface area contributed by atoms with Gasteiger partial charge in [-0.05, 0) is 30.0 Å². The first-order valence-corrected chi connectivity index (χ1v) is 5.57. The Morgan fingerprint density at radius 2 is 2.12 bits per heavy atom. The smallest absolute Gasteiger partial charge is 0.303 e. The van der Waals surface area contributed by atoms with E-state index in [1.807, 2.05) is 0 Å². The van der Waals surface area contributed by atoms with Crippen LogP contribution in [0.25, 0.3) is 0 Å². The molecule has 16 heavy (non-hydrogen) atoms. The Balaban J connectivity index is 2.95. The van der Waals surface area contributed by atoms with Crippen molar-refractivity contribution >= 4 is 29.2 Å². The number of carboxylic acid groups (broad SMARTS) is 1. The monoisotopic (exact) mass is 258 g/mol. The molecular weight excluding hydrogens is 247 g/mol. The van der Waals surface area contributed by atoms with Gasteiger partial charge in [-0.25, -0.2) is 0 Å². The van der Waals surface area contributed by atoms with E-state index in [2.05, 4.69) is 6.58 Å². The minimum Gasteiger partial charge on any atom is -0.481 e. The maximum Gasteiger partial charge on any atom is 0.303 e. The number of aliphatic carboxylic acids is 1. The molecule has 0 unspecified atom stereocenters. The average molecular weight is 259 g/mol. The van der Waals surface area contributed by atoms with Crippen LogP contribution in [0.5, 0.6) is 0 Å². The predicted molar refractivity (Wildman–Crippen MR) is 66.3 cm³/mol. The highest BCUT2D eigenvalue weighted by atomic mass is 35.5. The molecule has 0 radical (unpaired) electrons. The van der Waals surface area contributed by atoms with E-state index in [-0.39, 0.29) is 12.3 Å². The zero-order valence-electron chi connectivity index (χ0n) is 8.62. The van der Waals surface area contributed by atoms with Gasteiger partial charge >= 0.3 is 5.97 Å². The fourth-order valence-electron chi connectivity index (χ4n) is 1.52. The van der Waals surface area contributed by atoms with Gasteiger partial charge in [0.2, 0.25) is 0 Å². The van der Waals surface area contributed by atoms with Gasteiger partial charge in [0.15, 0.2) is 0 Å². The third-order valence-electron chi connectivity index (χ3n) is 2.29. The van der Waals surface area contributed by atoms with Crippen LogP contribution in [0, 0.1) is 0 Å². The standard InChI is InChI=1S/C12H12Cl2O2/c1-2-3-8(7-12(15)16)9-4-5-10(13)11(14)6-9/h2,4-6,8H,1,3,7H2,(H,15,16)/t8-/m1/s1. The van der Waals surface area contributed by atoms with E-state index in [9.17, 15) is 4.79 Å². The zero-order chi connectivity index (χ0) is 12.1. The molecule has 0 aliphatic heterocycles. The molecule has 4 heteroatoms.